The fourth-order valence-corrected chi connectivity index (χ4v) is 2.65. The molecule has 2 rings (SSSR count). The van der Waals surface area contributed by atoms with E-state index in [-0.39, 0.29) is 5.70 Å². The summed E-state index contributed by atoms with van der Waals surface area (Å²) in [7, 11) is 1.58. The highest BCUT2D eigenvalue weighted by molar-refractivity contribution is 6.13. The van der Waals surface area contributed by atoms with E-state index >= 15 is 0 Å². The molecule has 2 N–H and O–H groups in total. The fourth-order valence-electron chi connectivity index (χ4n) is 2.65. The molecule has 1 aromatic rings. The van der Waals surface area contributed by atoms with E-state index in [1.807, 2.05) is 12.1 Å². The van der Waals surface area contributed by atoms with Gasteiger partial charge in [0.2, 0.25) is 0 Å². The van der Waals surface area contributed by atoms with Crippen molar-refractivity contribution in [3.8, 4) is 11.5 Å². The predicted octanol–water partition coefficient (Wildman–Crippen LogP) is 3.47. The molecule has 1 unspecified atom stereocenters. The second-order valence-electron chi connectivity index (χ2n) is 6.10. The van der Waals surface area contributed by atoms with Gasteiger partial charge in [-0.3, -0.25) is 10.1 Å². The average molecular weight is 346 g/mol. The predicted molar refractivity (Wildman–Crippen MR) is 96.4 cm³/mol. The number of carbonyl (C=O) groups excluding carboxylic acids is 2. The summed E-state index contributed by atoms with van der Waals surface area (Å²) in [5, 5.41) is 4.63. The molecular weight excluding hydrogens is 320 g/mol. The monoisotopic (exact) mass is 346 g/mol. The van der Waals surface area contributed by atoms with Crippen molar-refractivity contribution in [3.05, 3.63) is 29.5 Å². The van der Waals surface area contributed by atoms with Gasteiger partial charge < -0.3 is 14.8 Å². The number of nitrogens with one attached hydrogen (secondary N) is 2. The molecule has 1 aliphatic heterocycles. The number of amides is 3. The summed E-state index contributed by atoms with van der Waals surface area (Å²) >= 11 is 0. The third kappa shape index (κ3) is 5.24. The van der Waals surface area contributed by atoms with E-state index in [1.54, 1.807) is 19.3 Å². The quantitative estimate of drug-likeness (QED) is 0.530. The highest BCUT2D eigenvalue weighted by Crippen LogP contribution is 2.30. The van der Waals surface area contributed by atoms with E-state index in [0.717, 1.165) is 18.4 Å². The minimum absolute atomic E-state index is 0.214. The van der Waals surface area contributed by atoms with Crippen LogP contribution < -0.4 is 20.1 Å². The standard InChI is InChI=1S/C19H26N2O4/c1-4-6-7-13(5-2)12-25-16-9-8-14(11-17(16)24-3)10-15-18(22)21-19(23)20-15/h8-11,13H,4-7,12H2,1-3H3,(H2,20,21,22,23). The molecule has 0 aliphatic carbocycles. The molecule has 0 spiro atoms. The first kappa shape index (κ1) is 18.8. The second kappa shape index (κ2) is 9.11. The highest BCUT2D eigenvalue weighted by Gasteiger charge is 2.22. The summed E-state index contributed by atoms with van der Waals surface area (Å²) in [5.41, 5.74) is 0.959. The Kier molecular flexibility index (Phi) is 6.86. The number of hydrogen-bond donors (Lipinski definition) is 2. The van der Waals surface area contributed by atoms with Gasteiger partial charge in [-0.1, -0.05) is 39.2 Å². The molecule has 3 amide bonds. The van der Waals surface area contributed by atoms with Gasteiger partial charge in [-0.2, -0.15) is 0 Å². The Morgan fingerprint density at radius 1 is 1.16 bits per heavy atom. The molecule has 0 aromatic heterocycles. The van der Waals surface area contributed by atoms with Crippen molar-refractivity contribution in [1.82, 2.24) is 10.6 Å². The number of benzene rings is 1. The van der Waals surface area contributed by atoms with Crippen LogP contribution in [-0.4, -0.2) is 25.7 Å². The number of hydrogen-bond acceptors (Lipinski definition) is 4. The number of urea groups is 1. The Bertz CT molecular complexity index is 655. The van der Waals surface area contributed by atoms with Gasteiger partial charge in [0, 0.05) is 0 Å². The van der Waals surface area contributed by atoms with Gasteiger partial charge >= 0.3 is 6.03 Å². The highest BCUT2D eigenvalue weighted by atomic mass is 16.5. The lowest BCUT2D eigenvalue weighted by atomic mass is 10.0. The zero-order chi connectivity index (χ0) is 18.2. The zero-order valence-corrected chi connectivity index (χ0v) is 15.1. The first-order chi connectivity index (χ1) is 12.1. The number of ether oxygens (including phenoxy) is 2. The van der Waals surface area contributed by atoms with Crippen molar-refractivity contribution in [3.63, 3.8) is 0 Å². The number of methoxy groups -OCH3 is 1. The SMILES string of the molecule is CCCCC(CC)COc1ccc(C=C2NC(=O)NC2=O)cc1OC. The third-order valence-electron chi connectivity index (χ3n) is 4.24. The zero-order valence-electron chi connectivity index (χ0n) is 15.1. The Morgan fingerprint density at radius 2 is 1.96 bits per heavy atom. The average Bonchev–Trinajstić information content (AvgIpc) is 2.93. The Hall–Kier alpha value is -2.50. The molecule has 0 saturated carbocycles. The molecule has 6 nitrogen and oxygen atoms in total. The molecule has 1 aliphatic rings. The molecule has 0 radical (unpaired) electrons. The van der Waals surface area contributed by atoms with Crippen LogP contribution in [0.15, 0.2) is 23.9 Å². The lowest BCUT2D eigenvalue weighted by Gasteiger charge is -2.17. The van der Waals surface area contributed by atoms with E-state index < -0.39 is 11.9 Å². The van der Waals surface area contributed by atoms with Gasteiger partial charge in [0.1, 0.15) is 5.70 Å². The number of carbonyl (C=O) groups is 2. The fraction of sp³-hybridized carbons (Fsp3) is 0.474. The maximum absolute atomic E-state index is 11.6. The Morgan fingerprint density at radius 3 is 2.56 bits per heavy atom. The smallest absolute Gasteiger partial charge is 0.326 e. The lowest BCUT2D eigenvalue weighted by molar-refractivity contribution is -0.115. The van der Waals surface area contributed by atoms with Crippen molar-refractivity contribution in [2.75, 3.05) is 13.7 Å². The van der Waals surface area contributed by atoms with Crippen LogP contribution in [-0.2, 0) is 4.79 Å². The summed E-state index contributed by atoms with van der Waals surface area (Å²) in [6.07, 6.45) is 6.24. The third-order valence-corrected chi connectivity index (χ3v) is 4.24. The van der Waals surface area contributed by atoms with Crippen molar-refractivity contribution in [2.45, 2.75) is 39.5 Å². The van der Waals surface area contributed by atoms with Crippen LogP contribution in [0.2, 0.25) is 0 Å². The molecule has 136 valence electrons. The summed E-state index contributed by atoms with van der Waals surface area (Å²) < 4.78 is 11.3. The van der Waals surface area contributed by atoms with E-state index in [2.05, 4.69) is 24.5 Å². The van der Waals surface area contributed by atoms with Gasteiger partial charge in [0.25, 0.3) is 5.91 Å². The van der Waals surface area contributed by atoms with E-state index in [1.165, 1.54) is 12.8 Å². The van der Waals surface area contributed by atoms with Crippen LogP contribution in [0.5, 0.6) is 11.5 Å². The second-order valence-corrected chi connectivity index (χ2v) is 6.10. The molecule has 1 saturated heterocycles. The summed E-state index contributed by atoms with van der Waals surface area (Å²) in [6, 6.07) is 4.93. The molecule has 1 heterocycles. The summed E-state index contributed by atoms with van der Waals surface area (Å²) in [5.74, 6) is 1.37. The summed E-state index contributed by atoms with van der Waals surface area (Å²) in [4.78, 5) is 22.7. The van der Waals surface area contributed by atoms with Crippen molar-refractivity contribution >= 4 is 18.0 Å². The number of unbranched alkanes of at least 4 members (excludes halogenated alkanes) is 1. The topological polar surface area (TPSA) is 76.7 Å². The van der Waals surface area contributed by atoms with Gasteiger partial charge in [-0.15, -0.1) is 0 Å². The Labute approximate surface area is 148 Å². The summed E-state index contributed by atoms with van der Waals surface area (Å²) in [6.45, 7) is 5.03. The van der Waals surface area contributed by atoms with Crippen molar-refractivity contribution < 1.29 is 19.1 Å². The van der Waals surface area contributed by atoms with Crippen LogP contribution in [0.3, 0.4) is 0 Å². The van der Waals surface area contributed by atoms with Crippen LogP contribution in [0.1, 0.15) is 45.1 Å². The molecular formula is C19H26N2O4. The van der Waals surface area contributed by atoms with Gasteiger partial charge in [-0.25, -0.2) is 4.79 Å². The Balaban J connectivity index is 2.07. The van der Waals surface area contributed by atoms with Gasteiger partial charge in [-0.05, 0) is 36.1 Å². The normalized spacial score (nSPS) is 16.5. The van der Waals surface area contributed by atoms with Crippen molar-refractivity contribution in [1.29, 1.82) is 0 Å². The van der Waals surface area contributed by atoms with Gasteiger partial charge in [0.05, 0.1) is 13.7 Å². The van der Waals surface area contributed by atoms with E-state index in [4.69, 9.17) is 9.47 Å². The van der Waals surface area contributed by atoms with Gasteiger partial charge in [0.15, 0.2) is 11.5 Å². The van der Waals surface area contributed by atoms with E-state index in [9.17, 15) is 9.59 Å². The minimum atomic E-state index is -0.513. The lowest BCUT2D eigenvalue weighted by Crippen LogP contribution is -2.22. The molecule has 1 atom stereocenters. The molecule has 6 heteroatoms. The molecule has 1 aromatic carbocycles. The maximum Gasteiger partial charge on any atom is 0.326 e. The van der Waals surface area contributed by atoms with Crippen molar-refractivity contribution in [2.24, 2.45) is 5.92 Å². The minimum Gasteiger partial charge on any atom is -0.493 e. The molecule has 1 fully saturated rings. The maximum atomic E-state index is 11.6. The van der Waals surface area contributed by atoms with E-state index in [0.29, 0.717) is 24.0 Å². The molecule has 0 bridgehead atoms. The van der Waals surface area contributed by atoms with Crippen LogP contribution in [0, 0.1) is 5.92 Å². The first-order valence-electron chi connectivity index (χ1n) is 8.72. The number of imide groups is 1. The molecule has 25 heavy (non-hydrogen) atoms. The number of rotatable bonds is 9. The first-order valence-corrected chi connectivity index (χ1v) is 8.72. The van der Waals surface area contributed by atoms with Crippen LogP contribution >= 0.6 is 0 Å². The van der Waals surface area contributed by atoms with Crippen LogP contribution in [0.4, 0.5) is 4.79 Å². The largest absolute Gasteiger partial charge is 0.493 e. The van der Waals surface area contributed by atoms with Crippen LogP contribution in [0.25, 0.3) is 6.08 Å².